The number of carboxylic acid groups (broad SMARTS) is 1. The Hall–Kier alpha value is -1.89. The Bertz CT molecular complexity index is 699. The van der Waals surface area contributed by atoms with Crippen LogP contribution in [0.4, 0.5) is 4.39 Å². The summed E-state index contributed by atoms with van der Waals surface area (Å²) in [6.45, 7) is 0.326. The van der Waals surface area contributed by atoms with Gasteiger partial charge in [0.05, 0.1) is 5.52 Å². The molecule has 0 aliphatic carbocycles. The number of benzene rings is 1. The van der Waals surface area contributed by atoms with Crippen LogP contribution < -0.4 is 0 Å². The van der Waals surface area contributed by atoms with Crippen LogP contribution in [-0.2, 0) is 4.79 Å². The summed E-state index contributed by atoms with van der Waals surface area (Å²) < 4.78 is 14.4. The van der Waals surface area contributed by atoms with Crippen LogP contribution in [0.15, 0.2) is 22.7 Å². The van der Waals surface area contributed by atoms with Gasteiger partial charge in [-0.3, -0.25) is 9.59 Å². The Balaban J connectivity index is 2.15. The lowest BCUT2D eigenvalue weighted by atomic mass is 10.2. The van der Waals surface area contributed by atoms with Crippen molar-refractivity contribution >= 4 is 38.7 Å². The summed E-state index contributed by atoms with van der Waals surface area (Å²) in [4.78, 5) is 26.9. The minimum atomic E-state index is -0.895. The maximum absolute atomic E-state index is 13.8. The van der Waals surface area contributed by atoms with Crippen molar-refractivity contribution < 1.29 is 19.1 Å². The highest BCUT2D eigenvalue weighted by Gasteiger charge is 2.16. The second-order valence-electron chi connectivity index (χ2n) is 4.76. The molecule has 0 fully saturated rings. The zero-order valence-corrected chi connectivity index (χ0v) is 12.9. The van der Waals surface area contributed by atoms with Gasteiger partial charge in [-0.05, 0) is 24.6 Å². The number of aromatic amines is 1. The minimum absolute atomic E-state index is 0.00585. The highest BCUT2D eigenvalue weighted by molar-refractivity contribution is 9.10. The summed E-state index contributed by atoms with van der Waals surface area (Å²) in [7, 11) is 1.59. The van der Waals surface area contributed by atoms with E-state index in [1.165, 1.54) is 17.0 Å². The first kappa shape index (κ1) is 15.5. The first-order valence-corrected chi connectivity index (χ1v) is 7.13. The van der Waals surface area contributed by atoms with Gasteiger partial charge in [-0.25, -0.2) is 4.39 Å². The molecule has 0 saturated carbocycles. The second-order valence-corrected chi connectivity index (χ2v) is 5.67. The van der Waals surface area contributed by atoms with Gasteiger partial charge in [-0.15, -0.1) is 0 Å². The monoisotopic (exact) mass is 356 g/mol. The Morgan fingerprint density at radius 2 is 2.10 bits per heavy atom. The number of H-pyrrole nitrogens is 1. The maximum Gasteiger partial charge on any atom is 0.303 e. The van der Waals surface area contributed by atoms with Crippen LogP contribution in [0, 0.1) is 5.82 Å². The first-order chi connectivity index (χ1) is 9.88. The van der Waals surface area contributed by atoms with E-state index in [2.05, 4.69) is 20.9 Å². The van der Waals surface area contributed by atoms with Gasteiger partial charge >= 0.3 is 5.97 Å². The molecule has 2 aromatic rings. The van der Waals surface area contributed by atoms with Crippen LogP contribution in [0.1, 0.15) is 23.3 Å². The average molecular weight is 357 g/mol. The fourth-order valence-electron chi connectivity index (χ4n) is 2.05. The topological polar surface area (TPSA) is 73.4 Å². The predicted molar refractivity (Wildman–Crippen MR) is 79.8 cm³/mol. The van der Waals surface area contributed by atoms with Crippen molar-refractivity contribution in [3.8, 4) is 0 Å². The molecule has 0 aliphatic heterocycles. The molecule has 2 rings (SSSR count). The molecule has 1 aromatic carbocycles. The number of carbonyl (C=O) groups is 2. The SMILES string of the molecule is CN(CCCC(=O)O)C(=O)c1cc2c(F)cc(Br)cc2[nH]1. The lowest BCUT2D eigenvalue weighted by Crippen LogP contribution is -2.28. The van der Waals surface area contributed by atoms with Gasteiger partial charge in [0.15, 0.2) is 0 Å². The molecule has 5 nitrogen and oxygen atoms in total. The molecule has 0 bridgehead atoms. The van der Waals surface area contributed by atoms with E-state index in [1.807, 2.05) is 0 Å². The van der Waals surface area contributed by atoms with Crippen LogP contribution >= 0.6 is 15.9 Å². The van der Waals surface area contributed by atoms with E-state index < -0.39 is 11.8 Å². The number of amides is 1. The molecule has 7 heteroatoms. The molecule has 1 aromatic heterocycles. The summed E-state index contributed by atoms with van der Waals surface area (Å²) in [5, 5.41) is 8.93. The summed E-state index contributed by atoms with van der Waals surface area (Å²) >= 11 is 3.20. The van der Waals surface area contributed by atoms with Gasteiger partial charge in [-0.1, -0.05) is 15.9 Å². The second kappa shape index (κ2) is 6.26. The van der Waals surface area contributed by atoms with Gasteiger partial charge in [0.2, 0.25) is 0 Å². The normalized spacial score (nSPS) is 10.8. The molecule has 0 unspecified atom stereocenters. The number of halogens is 2. The fourth-order valence-corrected chi connectivity index (χ4v) is 2.48. The van der Waals surface area contributed by atoms with Crippen molar-refractivity contribution in [1.29, 1.82) is 0 Å². The number of fused-ring (bicyclic) bond motifs is 1. The largest absolute Gasteiger partial charge is 0.481 e. The van der Waals surface area contributed by atoms with Crippen LogP contribution in [0.5, 0.6) is 0 Å². The Labute approximate surface area is 128 Å². The van der Waals surface area contributed by atoms with E-state index in [9.17, 15) is 14.0 Å². The maximum atomic E-state index is 13.8. The molecule has 1 amide bonds. The van der Waals surface area contributed by atoms with E-state index in [1.54, 1.807) is 13.1 Å². The van der Waals surface area contributed by atoms with Crippen LogP contribution in [0.25, 0.3) is 10.9 Å². The van der Waals surface area contributed by atoms with Crippen molar-refractivity contribution in [3.63, 3.8) is 0 Å². The number of nitrogens with zero attached hydrogens (tertiary/aromatic N) is 1. The van der Waals surface area contributed by atoms with E-state index in [0.717, 1.165) is 0 Å². The number of aromatic nitrogens is 1. The number of hydrogen-bond donors (Lipinski definition) is 2. The van der Waals surface area contributed by atoms with Crippen LogP contribution in [-0.4, -0.2) is 40.5 Å². The number of hydrogen-bond acceptors (Lipinski definition) is 2. The van der Waals surface area contributed by atoms with E-state index >= 15 is 0 Å². The van der Waals surface area contributed by atoms with Crippen molar-refractivity contribution in [2.75, 3.05) is 13.6 Å². The third-order valence-electron chi connectivity index (χ3n) is 3.11. The average Bonchev–Trinajstić information content (AvgIpc) is 2.81. The van der Waals surface area contributed by atoms with E-state index in [4.69, 9.17) is 5.11 Å². The van der Waals surface area contributed by atoms with Crippen LogP contribution in [0.2, 0.25) is 0 Å². The third-order valence-corrected chi connectivity index (χ3v) is 3.57. The van der Waals surface area contributed by atoms with Gasteiger partial charge < -0.3 is 15.0 Å². The predicted octanol–water partition coefficient (Wildman–Crippen LogP) is 3.01. The van der Waals surface area contributed by atoms with Crippen LogP contribution in [0.3, 0.4) is 0 Å². The zero-order valence-electron chi connectivity index (χ0n) is 11.3. The third kappa shape index (κ3) is 3.60. The Morgan fingerprint density at radius 1 is 1.38 bits per heavy atom. The Kier molecular flexibility index (Phi) is 4.62. The van der Waals surface area contributed by atoms with Crippen molar-refractivity contribution in [2.24, 2.45) is 0 Å². The van der Waals surface area contributed by atoms with Gasteiger partial charge in [0.1, 0.15) is 11.5 Å². The highest BCUT2D eigenvalue weighted by atomic mass is 79.9. The number of aliphatic carboxylic acids is 1. The molecular formula is C14H14BrFN2O3. The summed E-state index contributed by atoms with van der Waals surface area (Å²) in [5.41, 5.74) is 0.809. The minimum Gasteiger partial charge on any atom is -0.481 e. The molecule has 2 N–H and O–H groups in total. The summed E-state index contributed by atoms with van der Waals surface area (Å²) in [6, 6.07) is 4.49. The fraction of sp³-hybridized carbons (Fsp3) is 0.286. The number of carboxylic acids is 1. The van der Waals surface area contributed by atoms with Crippen molar-refractivity contribution in [1.82, 2.24) is 9.88 Å². The molecule has 1 heterocycles. The number of rotatable bonds is 5. The standard InChI is InChI=1S/C14H14BrFN2O3/c1-18(4-2-3-13(19)20)14(21)12-7-9-10(16)5-8(15)6-11(9)17-12/h5-7,17H,2-4H2,1H3,(H,19,20). The molecule has 0 aliphatic rings. The zero-order chi connectivity index (χ0) is 15.6. The van der Waals surface area contributed by atoms with E-state index in [-0.39, 0.29) is 18.0 Å². The van der Waals surface area contributed by atoms with E-state index in [0.29, 0.717) is 28.3 Å². The molecule has 21 heavy (non-hydrogen) atoms. The summed E-state index contributed by atoms with van der Waals surface area (Å²) in [6.07, 6.45) is 0.379. The molecule has 0 saturated heterocycles. The smallest absolute Gasteiger partial charge is 0.303 e. The Morgan fingerprint density at radius 3 is 2.76 bits per heavy atom. The lowest BCUT2D eigenvalue weighted by Gasteiger charge is -2.15. The van der Waals surface area contributed by atoms with Gasteiger partial charge in [0.25, 0.3) is 5.91 Å². The number of nitrogens with one attached hydrogen (secondary N) is 1. The first-order valence-electron chi connectivity index (χ1n) is 6.33. The van der Waals surface area contributed by atoms with Gasteiger partial charge in [-0.2, -0.15) is 0 Å². The van der Waals surface area contributed by atoms with Crippen molar-refractivity contribution in [3.05, 3.63) is 34.2 Å². The summed E-state index contributed by atoms with van der Waals surface area (Å²) in [5.74, 6) is -1.61. The quantitative estimate of drug-likeness (QED) is 0.864. The molecular weight excluding hydrogens is 343 g/mol. The van der Waals surface area contributed by atoms with Gasteiger partial charge in [0, 0.05) is 29.9 Å². The molecule has 0 spiro atoms. The van der Waals surface area contributed by atoms with Crippen molar-refractivity contribution in [2.45, 2.75) is 12.8 Å². The lowest BCUT2D eigenvalue weighted by molar-refractivity contribution is -0.137. The molecule has 112 valence electrons. The molecule has 0 radical (unpaired) electrons. The molecule has 0 atom stereocenters. The number of carbonyl (C=O) groups excluding carboxylic acids is 1. The highest BCUT2D eigenvalue weighted by Crippen LogP contribution is 2.24.